The SMILES string of the molecule is O=C(NCCOc1ccc(C(=S)NO)cc1)c1oc2ccccc2c1COc1ccc(F)cc1. The number of hydroxylamine groups is 1. The second-order valence-electron chi connectivity index (χ2n) is 7.22. The number of halogens is 1. The van der Waals surface area contributed by atoms with Gasteiger partial charge in [-0.2, -0.15) is 0 Å². The fraction of sp³-hybridized carbons (Fsp3) is 0.120. The number of hydrogen-bond donors (Lipinski definition) is 3. The number of rotatable bonds is 9. The van der Waals surface area contributed by atoms with Gasteiger partial charge in [-0.05, 0) is 54.6 Å². The van der Waals surface area contributed by atoms with Crippen LogP contribution in [0.15, 0.2) is 77.2 Å². The maximum Gasteiger partial charge on any atom is 0.287 e. The molecule has 1 amide bonds. The average molecular weight is 481 g/mol. The Morgan fingerprint density at radius 1 is 0.971 bits per heavy atom. The first-order chi connectivity index (χ1) is 16.5. The van der Waals surface area contributed by atoms with Crippen LogP contribution in [0.25, 0.3) is 11.0 Å². The van der Waals surface area contributed by atoms with E-state index in [1.54, 1.807) is 30.3 Å². The summed E-state index contributed by atoms with van der Waals surface area (Å²) in [4.78, 5) is 13.1. The minimum atomic E-state index is -0.396. The molecule has 4 rings (SSSR count). The predicted molar refractivity (Wildman–Crippen MR) is 128 cm³/mol. The number of amides is 1. The molecule has 4 aromatic rings. The molecule has 0 atom stereocenters. The van der Waals surface area contributed by atoms with Crippen LogP contribution >= 0.6 is 12.2 Å². The van der Waals surface area contributed by atoms with Crippen LogP contribution in [-0.4, -0.2) is 29.3 Å². The van der Waals surface area contributed by atoms with Crippen LogP contribution in [0.4, 0.5) is 4.39 Å². The molecule has 0 spiro atoms. The summed E-state index contributed by atoms with van der Waals surface area (Å²) < 4.78 is 30.3. The van der Waals surface area contributed by atoms with Gasteiger partial charge in [-0.15, -0.1) is 0 Å². The fourth-order valence-corrected chi connectivity index (χ4v) is 3.43. The molecule has 7 nitrogen and oxygen atoms in total. The zero-order valence-corrected chi connectivity index (χ0v) is 18.7. The topological polar surface area (TPSA) is 93.0 Å². The molecular formula is C25H21FN2O5S. The Labute approximate surface area is 200 Å². The van der Waals surface area contributed by atoms with Gasteiger partial charge in [0.1, 0.15) is 41.1 Å². The van der Waals surface area contributed by atoms with E-state index >= 15 is 0 Å². The van der Waals surface area contributed by atoms with Crippen molar-refractivity contribution in [2.24, 2.45) is 0 Å². The number of para-hydroxylation sites is 1. The van der Waals surface area contributed by atoms with Crippen LogP contribution in [0, 0.1) is 5.82 Å². The molecule has 0 saturated carbocycles. The molecule has 3 aromatic carbocycles. The lowest BCUT2D eigenvalue weighted by Crippen LogP contribution is -2.28. The van der Waals surface area contributed by atoms with Gasteiger partial charge < -0.3 is 19.2 Å². The van der Waals surface area contributed by atoms with Crippen molar-refractivity contribution in [3.63, 3.8) is 0 Å². The van der Waals surface area contributed by atoms with Gasteiger partial charge in [-0.25, -0.2) is 4.39 Å². The number of ether oxygens (including phenoxy) is 2. The van der Waals surface area contributed by atoms with Crippen molar-refractivity contribution in [2.45, 2.75) is 6.61 Å². The first-order valence-corrected chi connectivity index (χ1v) is 10.8. The number of carbonyl (C=O) groups excluding carboxylic acids is 1. The number of nitrogens with one attached hydrogen (secondary N) is 2. The van der Waals surface area contributed by atoms with E-state index in [1.165, 1.54) is 24.3 Å². The summed E-state index contributed by atoms with van der Waals surface area (Å²) in [6.45, 7) is 0.556. The molecule has 1 aromatic heterocycles. The third kappa shape index (κ3) is 5.51. The van der Waals surface area contributed by atoms with Crippen LogP contribution in [0.5, 0.6) is 11.5 Å². The van der Waals surface area contributed by atoms with E-state index in [-0.39, 0.29) is 36.3 Å². The van der Waals surface area contributed by atoms with E-state index in [0.29, 0.717) is 28.2 Å². The summed E-state index contributed by atoms with van der Waals surface area (Å²) in [6, 6.07) is 19.8. The van der Waals surface area contributed by atoms with Crippen LogP contribution in [0.3, 0.4) is 0 Å². The maximum atomic E-state index is 13.1. The summed E-state index contributed by atoms with van der Waals surface area (Å²) in [5, 5.41) is 12.4. The van der Waals surface area contributed by atoms with E-state index in [4.69, 9.17) is 31.3 Å². The first-order valence-electron chi connectivity index (χ1n) is 10.4. The third-order valence-corrected chi connectivity index (χ3v) is 5.30. The summed E-state index contributed by atoms with van der Waals surface area (Å²) in [6.07, 6.45) is 0. The summed E-state index contributed by atoms with van der Waals surface area (Å²) in [5.74, 6) is 0.471. The molecule has 0 fully saturated rings. The minimum Gasteiger partial charge on any atom is -0.492 e. The van der Waals surface area contributed by atoms with Crippen molar-refractivity contribution in [1.29, 1.82) is 0 Å². The molecule has 1 heterocycles. The van der Waals surface area contributed by atoms with E-state index in [2.05, 4.69) is 5.32 Å². The van der Waals surface area contributed by atoms with Crippen molar-refractivity contribution in [1.82, 2.24) is 10.8 Å². The molecule has 0 saturated heterocycles. The number of benzene rings is 3. The van der Waals surface area contributed by atoms with E-state index in [0.717, 1.165) is 5.39 Å². The monoisotopic (exact) mass is 480 g/mol. The van der Waals surface area contributed by atoms with Crippen molar-refractivity contribution in [3.8, 4) is 11.5 Å². The van der Waals surface area contributed by atoms with Crippen LogP contribution in [-0.2, 0) is 6.61 Å². The first kappa shape index (κ1) is 23.2. The fourth-order valence-electron chi connectivity index (χ4n) is 3.29. The second kappa shape index (κ2) is 10.8. The molecule has 34 heavy (non-hydrogen) atoms. The van der Waals surface area contributed by atoms with Gasteiger partial charge in [0.25, 0.3) is 5.91 Å². The molecule has 0 aliphatic rings. The molecule has 9 heteroatoms. The molecule has 174 valence electrons. The molecule has 0 aliphatic carbocycles. The molecule has 0 aliphatic heterocycles. The van der Waals surface area contributed by atoms with Gasteiger partial charge in [0.15, 0.2) is 5.76 Å². The van der Waals surface area contributed by atoms with E-state index < -0.39 is 5.91 Å². The Kier molecular flexibility index (Phi) is 7.36. The molecule has 0 unspecified atom stereocenters. The summed E-state index contributed by atoms with van der Waals surface area (Å²) in [5.41, 5.74) is 3.74. The van der Waals surface area contributed by atoms with Crippen molar-refractivity contribution < 1.29 is 28.3 Å². The van der Waals surface area contributed by atoms with Crippen LogP contribution in [0.1, 0.15) is 21.7 Å². The number of thiocarbonyl (C=S) groups is 1. The molecular weight excluding hydrogens is 459 g/mol. The Hall–Kier alpha value is -3.95. The van der Waals surface area contributed by atoms with Gasteiger partial charge in [0.05, 0.1) is 6.54 Å². The zero-order chi connectivity index (χ0) is 23.9. The number of furan rings is 1. The number of hydrogen-bond acceptors (Lipinski definition) is 6. The number of carbonyl (C=O) groups is 1. The Morgan fingerprint density at radius 2 is 1.65 bits per heavy atom. The molecule has 0 bridgehead atoms. The van der Waals surface area contributed by atoms with Crippen molar-refractivity contribution in [2.75, 3.05) is 13.2 Å². The van der Waals surface area contributed by atoms with E-state index in [9.17, 15) is 9.18 Å². The van der Waals surface area contributed by atoms with Crippen LogP contribution < -0.4 is 20.3 Å². The average Bonchev–Trinajstić information content (AvgIpc) is 3.25. The van der Waals surface area contributed by atoms with E-state index in [1.807, 2.05) is 23.7 Å². The number of fused-ring (bicyclic) bond motifs is 1. The van der Waals surface area contributed by atoms with Gasteiger partial charge in [-0.1, -0.05) is 30.4 Å². The molecule has 3 N–H and O–H groups in total. The quantitative estimate of drug-likeness (QED) is 0.183. The van der Waals surface area contributed by atoms with Gasteiger partial charge in [0.2, 0.25) is 0 Å². The molecule has 0 radical (unpaired) electrons. The highest BCUT2D eigenvalue weighted by atomic mass is 32.1. The van der Waals surface area contributed by atoms with Gasteiger partial charge >= 0.3 is 0 Å². The summed E-state index contributed by atoms with van der Waals surface area (Å²) in [7, 11) is 0. The van der Waals surface area contributed by atoms with Crippen LogP contribution in [0.2, 0.25) is 0 Å². The lowest BCUT2D eigenvalue weighted by atomic mass is 10.1. The smallest absolute Gasteiger partial charge is 0.287 e. The third-order valence-electron chi connectivity index (χ3n) is 4.98. The normalized spacial score (nSPS) is 10.6. The highest BCUT2D eigenvalue weighted by molar-refractivity contribution is 7.80. The Morgan fingerprint density at radius 3 is 2.38 bits per heavy atom. The predicted octanol–water partition coefficient (Wildman–Crippen LogP) is 4.61. The minimum absolute atomic E-state index is 0.0822. The zero-order valence-electron chi connectivity index (χ0n) is 17.9. The second-order valence-corrected chi connectivity index (χ2v) is 7.63. The Balaban J connectivity index is 1.38. The lowest BCUT2D eigenvalue weighted by molar-refractivity contribution is 0.0918. The summed E-state index contributed by atoms with van der Waals surface area (Å²) >= 11 is 4.95. The standard InChI is InChI=1S/C25H21FN2O5S/c26-17-7-11-19(12-8-17)32-15-21-20-3-1-2-4-22(20)33-23(21)24(29)27-13-14-31-18-9-5-16(6-10-18)25(34)28-30/h1-12,30H,13-15H2,(H,27,29)(H,28,34). The highest BCUT2D eigenvalue weighted by Gasteiger charge is 2.21. The van der Waals surface area contributed by atoms with Gasteiger partial charge in [0, 0.05) is 16.5 Å². The Bertz CT molecular complexity index is 1290. The maximum absolute atomic E-state index is 13.1. The largest absolute Gasteiger partial charge is 0.492 e. The highest BCUT2D eigenvalue weighted by Crippen LogP contribution is 2.27. The lowest BCUT2D eigenvalue weighted by Gasteiger charge is -2.09. The van der Waals surface area contributed by atoms with Crippen molar-refractivity contribution in [3.05, 3.63) is 95.5 Å². The van der Waals surface area contributed by atoms with Gasteiger partial charge in [-0.3, -0.25) is 15.5 Å². The van der Waals surface area contributed by atoms with Crippen molar-refractivity contribution >= 4 is 34.1 Å².